The molecule has 1 radical (unpaired) electrons. The zero-order valence-corrected chi connectivity index (χ0v) is 7.38. The van der Waals surface area contributed by atoms with Gasteiger partial charge in [-0.05, 0) is 44.9 Å². The van der Waals surface area contributed by atoms with Crippen molar-refractivity contribution in [3.05, 3.63) is 6.42 Å². The van der Waals surface area contributed by atoms with Crippen LogP contribution in [-0.2, 0) is 4.79 Å². The maximum atomic E-state index is 11.5. The van der Waals surface area contributed by atoms with Gasteiger partial charge >= 0.3 is 0 Å². The SMILES string of the molecule is O=C(NC1CC1)C1CC[CH]CC1. The summed E-state index contributed by atoms with van der Waals surface area (Å²) in [6, 6.07) is 0.531. The topological polar surface area (TPSA) is 29.1 Å². The van der Waals surface area contributed by atoms with Gasteiger partial charge in [-0.25, -0.2) is 0 Å². The Bertz CT molecular complexity index is 169. The zero-order chi connectivity index (χ0) is 8.39. The Kier molecular flexibility index (Phi) is 2.33. The molecule has 0 unspecified atom stereocenters. The first-order valence-corrected chi connectivity index (χ1v) is 4.98. The van der Waals surface area contributed by atoms with Crippen LogP contribution in [0.1, 0.15) is 38.5 Å². The van der Waals surface area contributed by atoms with E-state index in [-0.39, 0.29) is 0 Å². The molecule has 0 aromatic heterocycles. The number of carbonyl (C=O) groups is 1. The average Bonchev–Trinajstić information content (AvgIpc) is 2.90. The minimum atomic E-state index is 0.311. The standard InChI is InChI=1S/C10H16NO/c12-10(11-9-6-7-9)8-4-2-1-3-5-8/h1,8-9H,2-7H2,(H,11,12). The van der Waals surface area contributed by atoms with E-state index in [1.807, 2.05) is 0 Å². The van der Waals surface area contributed by atoms with E-state index in [2.05, 4.69) is 11.7 Å². The third-order valence-electron chi connectivity index (χ3n) is 2.73. The van der Waals surface area contributed by atoms with Gasteiger partial charge in [0, 0.05) is 12.0 Å². The molecule has 0 heterocycles. The highest BCUT2D eigenvalue weighted by Crippen LogP contribution is 2.25. The summed E-state index contributed by atoms with van der Waals surface area (Å²) in [6.45, 7) is 0. The van der Waals surface area contributed by atoms with Crippen molar-refractivity contribution in [3.63, 3.8) is 0 Å². The molecule has 2 aliphatic carbocycles. The Morgan fingerprint density at radius 2 is 1.83 bits per heavy atom. The van der Waals surface area contributed by atoms with Crippen LogP contribution in [-0.4, -0.2) is 11.9 Å². The van der Waals surface area contributed by atoms with E-state index >= 15 is 0 Å². The molecule has 2 fully saturated rings. The van der Waals surface area contributed by atoms with Gasteiger partial charge in [-0.2, -0.15) is 0 Å². The molecule has 2 nitrogen and oxygen atoms in total. The molecule has 0 aromatic carbocycles. The lowest BCUT2D eigenvalue weighted by molar-refractivity contribution is -0.125. The van der Waals surface area contributed by atoms with Crippen LogP contribution in [0.3, 0.4) is 0 Å². The summed E-state index contributed by atoms with van der Waals surface area (Å²) in [7, 11) is 0. The van der Waals surface area contributed by atoms with E-state index in [0.29, 0.717) is 17.9 Å². The molecule has 0 bridgehead atoms. The number of rotatable bonds is 2. The fourth-order valence-corrected chi connectivity index (χ4v) is 1.74. The summed E-state index contributed by atoms with van der Waals surface area (Å²) >= 11 is 0. The lowest BCUT2D eigenvalue weighted by Crippen LogP contribution is -2.33. The van der Waals surface area contributed by atoms with E-state index in [4.69, 9.17) is 0 Å². The molecule has 0 saturated heterocycles. The highest BCUT2D eigenvalue weighted by atomic mass is 16.2. The number of hydrogen-bond donors (Lipinski definition) is 1. The Hall–Kier alpha value is -0.530. The fourth-order valence-electron chi connectivity index (χ4n) is 1.74. The molecule has 1 amide bonds. The van der Waals surface area contributed by atoms with Gasteiger partial charge in [0.25, 0.3) is 0 Å². The van der Waals surface area contributed by atoms with Crippen LogP contribution >= 0.6 is 0 Å². The first-order valence-electron chi connectivity index (χ1n) is 4.98. The molecule has 2 heteroatoms. The van der Waals surface area contributed by atoms with Crippen LogP contribution < -0.4 is 5.32 Å². The monoisotopic (exact) mass is 166 g/mol. The zero-order valence-electron chi connectivity index (χ0n) is 7.38. The van der Waals surface area contributed by atoms with Crippen molar-refractivity contribution < 1.29 is 4.79 Å². The van der Waals surface area contributed by atoms with Gasteiger partial charge in [0.2, 0.25) is 5.91 Å². The Morgan fingerprint density at radius 3 is 2.42 bits per heavy atom. The third kappa shape index (κ3) is 1.99. The second kappa shape index (κ2) is 3.46. The van der Waals surface area contributed by atoms with E-state index in [1.165, 1.54) is 12.8 Å². The van der Waals surface area contributed by atoms with Gasteiger partial charge in [-0.15, -0.1) is 0 Å². The van der Waals surface area contributed by atoms with Crippen molar-refractivity contribution in [2.45, 2.75) is 44.6 Å². The van der Waals surface area contributed by atoms with Crippen LogP contribution in [0, 0.1) is 12.3 Å². The van der Waals surface area contributed by atoms with Crippen molar-refractivity contribution in [1.29, 1.82) is 0 Å². The van der Waals surface area contributed by atoms with E-state index in [9.17, 15) is 4.79 Å². The number of nitrogens with one attached hydrogen (secondary N) is 1. The third-order valence-corrected chi connectivity index (χ3v) is 2.73. The van der Waals surface area contributed by atoms with Crippen LogP contribution in [0.4, 0.5) is 0 Å². The number of carbonyl (C=O) groups excluding carboxylic acids is 1. The normalized spacial score (nSPS) is 25.3. The van der Waals surface area contributed by atoms with Crippen LogP contribution in [0.2, 0.25) is 0 Å². The van der Waals surface area contributed by atoms with E-state index < -0.39 is 0 Å². The van der Waals surface area contributed by atoms with Gasteiger partial charge in [-0.3, -0.25) is 4.79 Å². The highest BCUT2D eigenvalue weighted by molar-refractivity contribution is 5.79. The summed E-state index contributed by atoms with van der Waals surface area (Å²) in [5.41, 5.74) is 0. The highest BCUT2D eigenvalue weighted by Gasteiger charge is 2.27. The van der Waals surface area contributed by atoms with Crippen LogP contribution in [0.5, 0.6) is 0 Å². The smallest absolute Gasteiger partial charge is 0.223 e. The van der Waals surface area contributed by atoms with Gasteiger partial charge in [0.15, 0.2) is 0 Å². The van der Waals surface area contributed by atoms with Crippen molar-refractivity contribution in [3.8, 4) is 0 Å². The molecule has 2 rings (SSSR count). The minimum absolute atomic E-state index is 0.311. The van der Waals surface area contributed by atoms with Crippen LogP contribution in [0.15, 0.2) is 0 Å². The molecule has 2 aliphatic rings. The molecular formula is C10H16NO. The van der Waals surface area contributed by atoms with Gasteiger partial charge in [0.1, 0.15) is 0 Å². The van der Waals surface area contributed by atoms with E-state index in [1.54, 1.807) is 0 Å². The molecule has 67 valence electrons. The summed E-state index contributed by atoms with van der Waals surface area (Å²) in [4.78, 5) is 11.5. The van der Waals surface area contributed by atoms with Gasteiger partial charge in [0.05, 0.1) is 0 Å². The van der Waals surface area contributed by atoms with Gasteiger partial charge in [-0.1, -0.05) is 0 Å². The summed E-state index contributed by atoms with van der Waals surface area (Å²) < 4.78 is 0. The maximum absolute atomic E-state index is 11.5. The average molecular weight is 166 g/mol. The van der Waals surface area contributed by atoms with Crippen molar-refractivity contribution >= 4 is 5.91 Å². The van der Waals surface area contributed by atoms with Crippen LogP contribution in [0.25, 0.3) is 0 Å². The molecule has 0 spiro atoms. The summed E-state index contributed by atoms with van der Waals surface area (Å²) in [6.07, 6.45) is 9.08. The molecular weight excluding hydrogens is 150 g/mol. The number of hydrogen-bond acceptors (Lipinski definition) is 1. The Morgan fingerprint density at radius 1 is 1.17 bits per heavy atom. The van der Waals surface area contributed by atoms with Crippen molar-refractivity contribution in [1.82, 2.24) is 5.32 Å². The Labute approximate surface area is 73.7 Å². The second-order valence-corrected chi connectivity index (χ2v) is 3.92. The fraction of sp³-hybridized carbons (Fsp3) is 0.800. The predicted octanol–water partition coefficient (Wildman–Crippen LogP) is 1.66. The second-order valence-electron chi connectivity index (χ2n) is 3.92. The molecule has 1 N–H and O–H groups in total. The predicted molar refractivity (Wildman–Crippen MR) is 47.4 cm³/mol. The quantitative estimate of drug-likeness (QED) is 0.664. The summed E-state index contributed by atoms with van der Waals surface area (Å²) in [5.74, 6) is 0.626. The molecule has 0 aliphatic heterocycles. The molecule has 2 saturated carbocycles. The Balaban J connectivity index is 1.76. The molecule has 0 aromatic rings. The van der Waals surface area contributed by atoms with Crippen molar-refractivity contribution in [2.75, 3.05) is 0 Å². The molecule has 12 heavy (non-hydrogen) atoms. The summed E-state index contributed by atoms with van der Waals surface area (Å²) in [5, 5.41) is 3.07. The minimum Gasteiger partial charge on any atom is -0.353 e. The lowest BCUT2D eigenvalue weighted by atomic mass is 9.89. The molecule has 0 atom stereocenters. The maximum Gasteiger partial charge on any atom is 0.223 e. The van der Waals surface area contributed by atoms with Crippen molar-refractivity contribution in [2.24, 2.45) is 5.92 Å². The number of amides is 1. The first-order chi connectivity index (χ1) is 5.86. The van der Waals surface area contributed by atoms with Gasteiger partial charge < -0.3 is 5.32 Å². The largest absolute Gasteiger partial charge is 0.353 e. The lowest BCUT2D eigenvalue weighted by Gasteiger charge is -2.20. The van der Waals surface area contributed by atoms with E-state index in [0.717, 1.165) is 25.7 Å². The first kappa shape index (κ1) is 8.09.